The van der Waals surface area contributed by atoms with Crippen molar-refractivity contribution in [3.05, 3.63) is 47.7 Å². The van der Waals surface area contributed by atoms with Gasteiger partial charge in [-0.1, -0.05) is 30.3 Å². The van der Waals surface area contributed by atoms with Gasteiger partial charge in [0.2, 0.25) is 0 Å². The fraction of sp³-hybridized carbons (Fsp3) is 0.385. The number of benzene rings is 1. The molecule has 0 aliphatic rings. The average Bonchev–Trinajstić information content (AvgIpc) is 2.43. The number of halogens is 2. The van der Waals surface area contributed by atoms with Gasteiger partial charge < -0.3 is 19.3 Å². The van der Waals surface area contributed by atoms with Gasteiger partial charge >= 0.3 is 6.08 Å². The van der Waals surface area contributed by atoms with E-state index >= 15 is 0 Å². The SMILES string of the molecule is COCCOCOC(=C(F)F)C(O)c1ccccc1. The predicted molar refractivity (Wildman–Crippen MR) is 64.4 cm³/mol. The van der Waals surface area contributed by atoms with Gasteiger partial charge in [-0.25, -0.2) is 0 Å². The summed E-state index contributed by atoms with van der Waals surface area (Å²) in [6, 6.07) is 8.06. The van der Waals surface area contributed by atoms with Gasteiger partial charge in [-0.15, -0.1) is 0 Å². The molecule has 1 N–H and O–H groups in total. The largest absolute Gasteiger partial charge is 0.463 e. The number of aliphatic hydroxyl groups is 1. The summed E-state index contributed by atoms with van der Waals surface area (Å²) in [5.74, 6) is -0.802. The maximum Gasteiger partial charge on any atom is 0.310 e. The molecule has 1 rings (SSSR count). The molecule has 0 fully saturated rings. The molecule has 19 heavy (non-hydrogen) atoms. The summed E-state index contributed by atoms with van der Waals surface area (Å²) in [6.07, 6.45) is -3.59. The molecule has 4 nitrogen and oxygen atoms in total. The van der Waals surface area contributed by atoms with E-state index in [-0.39, 0.29) is 13.4 Å². The molecule has 0 saturated heterocycles. The maximum atomic E-state index is 12.7. The predicted octanol–water partition coefficient (Wildman–Crippen LogP) is 2.47. The lowest BCUT2D eigenvalue weighted by Crippen LogP contribution is -2.11. The van der Waals surface area contributed by atoms with Gasteiger partial charge in [0.15, 0.2) is 12.6 Å². The molecule has 0 aromatic heterocycles. The van der Waals surface area contributed by atoms with Crippen molar-refractivity contribution in [2.24, 2.45) is 0 Å². The van der Waals surface area contributed by atoms with E-state index in [2.05, 4.69) is 0 Å². The third-order valence-corrected chi connectivity index (χ3v) is 2.28. The Balaban J connectivity index is 2.57. The molecule has 0 radical (unpaired) electrons. The standard InChI is InChI=1S/C13H16F2O4/c1-17-7-8-18-9-19-12(13(14)15)11(16)10-5-3-2-4-6-10/h2-6,11,16H,7-9H2,1H3. The van der Waals surface area contributed by atoms with Crippen LogP contribution in [0.2, 0.25) is 0 Å². The Bertz CT molecular complexity index is 391. The smallest absolute Gasteiger partial charge is 0.310 e. The second-order valence-electron chi connectivity index (χ2n) is 3.60. The molecule has 0 bridgehead atoms. The summed E-state index contributed by atoms with van der Waals surface area (Å²) in [7, 11) is 1.50. The zero-order valence-electron chi connectivity index (χ0n) is 10.5. The highest BCUT2D eigenvalue weighted by molar-refractivity contribution is 5.23. The molecule has 0 aliphatic heterocycles. The van der Waals surface area contributed by atoms with Gasteiger partial charge in [-0.2, -0.15) is 8.78 Å². The lowest BCUT2D eigenvalue weighted by Gasteiger charge is -2.15. The van der Waals surface area contributed by atoms with Crippen LogP contribution >= 0.6 is 0 Å². The minimum Gasteiger partial charge on any atom is -0.463 e. The Morgan fingerprint density at radius 3 is 2.47 bits per heavy atom. The van der Waals surface area contributed by atoms with E-state index in [1.54, 1.807) is 18.2 Å². The fourth-order valence-corrected chi connectivity index (χ4v) is 1.33. The van der Waals surface area contributed by atoms with Gasteiger partial charge in [0.1, 0.15) is 6.10 Å². The van der Waals surface area contributed by atoms with Crippen LogP contribution in [0.25, 0.3) is 0 Å². The van der Waals surface area contributed by atoms with Crippen molar-refractivity contribution in [3.63, 3.8) is 0 Å². The molecule has 0 aliphatic carbocycles. The summed E-state index contributed by atoms with van der Waals surface area (Å²) >= 11 is 0. The number of rotatable bonds is 8. The number of hydrogen-bond acceptors (Lipinski definition) is 4. The minimum absolute atomic E-state index is 0.221. The van der Waals surface area contributed by atoms with Gasteiger partial charge in [0.05, 0.1) is 13.2 Å². The maximum absolute atomic E-state index is 12.7. The quantitative estimate of drug-likeness (QED) is 0.449. The Morgan fingerprint density at radius 1 is 1.21 bits per heavy atom. The Kier molecular flexibility index (Phi) is 7.02. The average molecular weight is 274 g/mol. The Morgan fingerprint density at radius 2 is 1.89 bits per heavy atom. The highest BCUT2D eigenvalue weighted by atomic mass is 19.3. The van der Waals surface area contributed by atoms with Crippen molar-refractivity contribution in [2.75, 3.05) is 27.1 Å². The molecule has 0 spiro atoms. The fourth-order valence-electron chi connectivity index (χ4n) is 1.33. The second kappa shape index (κ2) is 8.58. The van der Waals surface area contributed by atoms with E-state index in [0.717, 1.165) is 0 Å². The Hall–Kier alpha value is -1.50. The van der Waals surface area contributed by atoms with Crippen molar-refractivity contribution < 1.29 is 28.1 Å². The third kappa shape index (κ3) is 5.34. The first-order valence-electron chi connectivity index (χ1n) is 5.64. The number of methoxy groups -OCH3 is 1. The van der Waals surface area contributed by atoms with E-state index in [1.165, 1.54) is 19.2 Å². The van der Waals surface area contributed by atoms with Gasteiger partial charge in [0.25, 0.3) is 0 Å². The zero-order chi connectivity index (χ0) is 14.1. The van der Waals surface area contributed by atoms with Gasteiger partial charge in [0, 0.05) is 7.11 Å². The number of hydrogen-bond donors (Lipinski definition) is 1. The van der Waals surface area contributed by atoms with Crippen LogP contribution in [-0.4, -0.2) is 32.2 Å². The van der Waals surface area contributed by atoms with Crippen molar-refractivity contribution >= 4 is 0 Å². The summed E-state index contributed by atoms with van der Waals surface area (Å²) in [4.78, 5) is 0. The van der Waals surface area contributed by atoms with Crippen molar-refractivity contribution in [1.29, 1.82) is 0 Å². The summed E-state index contributed by atoms with van der Waals surface area (Å²) in [5.41, 5.74) is 0.321. The molecule has 106 valence electrons. The third-order valence-electron chi connectivity index (χ3n) is 2.28. The van der Waals surface area contributed by atoms with Crippen molar-refractivity contribution in [2.45, 2.75) is 6.10 Å². The van der Waals surface area contributed by atoms with Crippen molar-refractivity contribution in [1.82, 2.24) is 0 Å². The van der Waals surface area contributed by atoms with E-state index < -0.39 is 17.9 Å². The van der Waals surface area contributed by atoms with E-state index in [0.29, 0.717) is 12.2 Å². The summed E-state index contributed by atoms with van der Waals surface area (Å²) in [5, 5.41) is 9.81. The van der Waals surface area contributed by atoms with Crippen LogP contribution in [0.3, 0.4) is 0 Å². The zero-order valence-corrected chi connectivity index (χ0v) is 10.5. The summed E-state index contributed by atoms with van der Waals surface area (Å²) < 4.78 is 39.9. The normalized spacial score (nSPS) is 12.0. The van der Waals surface area contributed by atoms with Crippen LogP contribution < -0.4 is 0 Å². The molecule has 0 heterocycles. The van der Waals surface area contributed by atoms with Crippen LogP contribution in [-0.2, 0) is 14.2 Å². The minimum atomic E-state index is -2.08. The topological polar surface area (TPSA) is 47.9 Å². The molecule has 1 aromatic rings. The highest BCUT2D eigenvalue weighted by Gasteiger charge is 2.20. The van der Waals surface area contributed by atoms with E-state index in [1.807, 2.05) is 0 Å². The van der Waals surface area contributed by atoms with Crippen LogP contribution in [0.1, 0.15) is 11.7 Å². The lowest BCUT2D eigenvalue weighted by atomic mass is 10.1. The Labute approximate surface area is 110 Å². The molecule has 1 unspecified atom stereocenters. The van der Waals surface area contributed by atoms with E-state index in [4.69, 9.17) is 14.2 Å². The van der Waals surface area contributed by atoms with Crippen LogP contribution in [0.15, 0.2) is 42.2 Å². The van der Waals surface area contributed by atoms with Gasteiger partial charge in [-0.05, 0) is 5.56 Å². The molecule has 1 atom stereocenters. The molecular weight excluding hydrogens is 258 g/mol. The first kappa shape index (κ1) is 15.6. The highest BCUT2D eigenvalue weighted by Crippen LogP contribution is 2.26. The number of ether oxygens (including phenoxy) is 3. The first-order valence-corrected chi connectivity index (χ1v) is 5.64. The van der Waals surface area contributed by atoms with Crippen LogP contribution in [0.5, 0.6) is 0 Å². The molecule has 0 saturated carbocycles. The monoisotopic (exact) mass is 274 g/mol. The van der Waals surface area contributed by atoms with Crippen LogP contribution in [0.4, 0.5) is 8.78 Å². The lowest BCUT2D eigenvalue weighted by molar-refractivity contribution is -0.0596. The second-order valence-corrected chi connectivity index (χ2v) is 3.60. The molecule has 0 amide bonds. The number of aliphatic hydroxyl groups excluding tert-OH is 1. The molecule has 1 aromatic carbocycles. The molecule has 6 heteroatoms. The van der Waals surface area contributed by atoms with Crippen molar-refractivity contribution in [3.8, 4) is 0 Å². The van der Waals surface area contributed by atoms with Crippen LogP contribution in [0, 0.1) is 0 Å². The van der Waals surface area contributed by atoms with Gasteiger partial charge in [-0.3, -0.25) is 0 Å². The summed E-state index contributed by atoms with van der Waals surface area (Å²) in [6.45, 7) is 0.181. The first-order chi connectivity index (χ1) is 9.16. The molecular formula is C13H16F2O4. The van der Waals surface area contributed by atoms with E-state index in [9.17, 15) is 13.9 Å².